The van der Waals surface area contributed by atoms with Gasteiger partial charge in [-0.1, -0.05) is 43.7 Å². The first kappa shape index (κ1) is 20.3. The van der Waals surface area contributed by atoms with Gasteiger partial charge in [0.15, 0.2) is 0 Å². The number of carbonyl (C=O) groups is 1. The van der Waals surface area contributed by atoms with Crippen molar-refractivity contribution in [1.29, 1.82) is 0 Å². The molecule has 4 aliphatic rings. The third-order valence-electron chi connectivity index (χ3n) is 9.64. The van der Waals surface area contributed by atoms with E-state index in [1.807, 2.05) is 6.33 Å². The molecule has 32 heavy (non-hydrogen) atoms. The van der Waals surface area contributed by atoms with Crippen molar-refractivity contribution in [1.82, 2.24) is 9.55 Å². The lowest BCUT2D eigenvalue weighted by Crippen LogP contribution is -2.50. The van der Waals surface area contributed by atoms with Crippen molar-refractivity contribution in [2.75, 3.05) is 0 Å². The summed E-state index contributed by atoms with van der Waals surface area (Å²) in [5.41, 5.74) is 5.81. The molecule has 2 fully saturated rings. The Morgan fingerprint density at radius 1 is 1.06 bits per heavy atom. The largest absolute Gasteiger partial charge is 0.462 e. The third-order valence-corrected chi connectivity index (χ3v) is 9.64. The summed E-state index contributed by atoms with van der Waals surface area (Å²) < 4.78 is 7.97. The summed E-state index contributed by atoms with van der Waals surface area (Å²) in [7, 11) is 0. The zero-order valence-electron chi connectivity index (χ0n) is 19.5. The molecule has 1 aromatic heterocycles. The molecule has 0 saturated heterocycles. The topological polar surface area (TPSA) is 44.1 Å². The van der Waals surface area contributed by atoms with Gasteiger partial charge in [0.25, 0.3) is 0 Å². The van der Waals surface area contributed by atoms with Crippen LogP contribution in [0.25, 0.3) is 16.7 Å². The fourth-order valence-electron chi connectivity index (χ4n) is 8.03. The Balaban J connectivity index is 1.30. The molecule has 6 rings (SSSR count). The van der Waals surface area contributed by atoms with E-state index in [0.717, 1.165) is 36.6 Å². The van der Waals surface area contributed by atoms with Crippen LogP contribution in [0.5, 0.6) is 0 Å². The number of fused-ring (bicyclic) bond motifs is 6. The maximum absolute atomic E-state index is 11.5. The Labute approximate surface area is 190 Å². The minimum atomic E-state index is -0.141. The fraction of sp³-hybridized carbons (Fsp3) is 0.571. The molecule has 1 aromatic carbocycles. The van der Waals surface area contributed by atoms with E-state index >= 15 is 0 Å². The average molecular weight is 431 g/mol. The molecule has 1 heterocycles. The summed E-state index contributed by atoms with van der Waals surface area (Å²) in [6.45, 7) is 6.56. The van der Waals surface area contributed by atoms with Gasteiger partial charge in [0.1, 0.15) is 12.4 Å². The number of para-hydroxylation sites is 2. The summed E-state index contributed by atoms with van der Waals surface area (Å²) >= 11 is 0. The first-order valence-electron chi connectivity index (χ1n) is 12.4. The van der Waals surface area contributed by atoms with E-state index in [9.17, 15) is 4.79 Å². The van der Waals surface area contributed by atoms with Crippen molar-refractivity contribution in [2.45, 2.75) is 71.8 Å². The lowest BCUT2D eigenvalue weighted by atomic mass is 9.47. The van der Waals surface area contributed by atoms with Crippen LogP contribution in [0.15, 0.2) is 48.3 Å². The number of ether oxygens (including phenoxy) is 1. The second-order valence-electron chi connectivity index (χ2n) is 11.1. The number of benzene rings is 1. The standard InChI is InChI=1S/C28H34N2O2/c1-18(31)32-20-12-14-27(2)19(16-20)8-9-21-22-10-11-26(28(22,3)15-13-23(21)27)30-17-29-24-6-4-5-7-25(24)30/h4-8,11,17,20-23H,9-10,12-16H2,1-3H3/t20-,21?,22?,23?,27?,28?/m0/s1. The van der Waals surface area contributed by atoms with E-state index in [4.69, 9.17) is 4.74 Å². The first-order valence-corrected chi connectivity index (χ1v) is 12.4. The van der Waals surface area contributed by atoms with Crippen LogP contribution in [0.2, 0.25) is 0 Å². The van der Waals surface area contributed by atoms with Crippen LogP contribution in [0.3, 0.4) is 0 Å². The molecule has 2 saturated carbocycles. The van der Waals surface area contributed by atoms with Crippen LogP contribution in [0, 0.1) is 28.6 Å². The number of carbonyl (C=O) groups excluding carboxylic acids is 1. The van der Waals surface area contributed by atoms with Crippen molar-refractivity contribution >= 4 is 22.7 Å². The van der Waals surface area contributed by atoms with Crippen molar-refractivity contribution in [3.05, 3.63) is 48.3 Å². The number of esters is 1. The average Bonchev–Trinajstić information content (AvgIpc) is 3.34. The second-order valence-corrected chi connectivity index (χ2v) is 11.1. The Bertz CT molecular complexity index is 1140. The van der Waals surface area contributed by atoms with Crippen LogP contribution in [-0.4, -0.2) is 21.6 Å². The van der Waals surface area contributed by atoms with Gasteiger partial charge in [-0.25, -0.2) is 4.98 Å². The fourth-order valence-corrected chi connectivity index (χ4v) is 8.03. The molecule has 2 aromatic rings. The zero-order valence-corrected chi connectivity index (χ0v) is 19.5. The summed E-state index contributed by atoms with van der Waals surface area (Å²) in [5.74, 6) is 2.03. The van der Waals surface area contributed by atoms with Gasteiger partial charge >= 0.3 is 5.97 Å². The summed E-state index contributed by atoms with van der Waals surface area (Å²) in [4.78, 5) is 16.2. The van der Waals surface area contributed by atoms with E-state index in [1.165, 1.54) is 43.8 Å². The Morgan fingerprint density at radius 3 is 2.72 bits per heavy atom. The van der Waals surface area contributed by atoms with Crippen LogP contribution < -0.4 is 0 Å². The molecule has 0 bridgehead atoms. The highest BCUT2D eigenvalue weighted by Crippen LogP contribution is 2.65. The quantitative estimate of drug-likeness (QED) is 0.410. The monoisotopic (exact) mass is 430 g/mol. The number of nitrogens with zero attached hydrogens (tertiary/aromatic N) is 2. The Hall–Kier alpha value is -2.36. The summed E-state index contributed by atoms with van der Waals surface area (Å²) in [6.07, 6.45) is 15.1. The van der Waals surface area contributed by atoms with E-state index in [2.05, 4.69) is 59.8 Å². The number of allylic oxidation sites excluding steroid dienone is 3. The SMILES string of the molecule is CC(=O)O[C@H]1CCC2(C)C(=CCC3C2CCC2(C)C(n4cnc5ccccc54)=CCC32)C1. The smallest absolute Gasteiger partial charge is 0.302 e. The molecule has 168 valence electrons. The van der Waals surface area contributed by atoms with E-state index in [-0.39, 0.29) is 22.9 Å². The lowest BCUT2D eigenvalue weighted by Gasteiger charge is -2.57. The van der Waals surface area contributed by atoms with Crippen molar-refractivity contribution in [2.24, 2.45) is 28.6 Å². The number of hydrogen-bond donors (Lipinski definition) is 0. The van der Waals surface area contributed by atoms with Gasteiger partial charge in [0.2, 0.25) is 0 Å². The van der Waals surface area contributed by atoms with E-state index < -0.39 is 0 Å². The van der Waals surface area contributed by atoms with E-state index in [1.54, 1.807) is 5.57 Å². The minimum absolute atomic E-state index is 0.0755. The summed E-state index contributed by atoms with van der Waals surface area (Å²) in [6, 6.07) is 8.50. The Morgan fingerprint density at radius 2 is 1.88 bits per heavy atom. The predicted molar refractivity (Wildman–Crippen MR) is 127 cm³/mol. The van der Waals surface area contributed by atoms with Gasteiger partial charge in [-0.2, -0.15) is 0 Å². The highest BCUT2D eigenvalue weighted by molar-refractivity contribution is 5.80. The molecule has 6 atom stereocenters. The Kier molecular flexibility index (Phi) is 4.48. The first-order chi connectivity index (χ1) is 15.4. The van der Waals surface area contributed by atoms with Gasteiger partial charge < -0.3 is 9.30 Å². The van der Waals surface area contributed by atoms with Crippen LogP contribution in [-0.2, 0) is 9.53 Å². The molecule has 4 aliphatic carbocycles. The molecule has 5 unspecified atom stereocenters. The lowest BCUT2D eigenvalue weighted by molar-refractivity contribution is -0.148. The molecule has 0 N–H and O–H groups in total. The molecule has 0 radical (unpaired) electrons. The van der Waals surface area contributed by atoms with Gasteiger partial charge in [-0.15, -0.1) is 0 Å². The molecular weight excluding hydrogens is 396 g/mol. The van der Waals surface area contributed by atoms with E-state index in [0.29, 0.717) is 5.92 Å². The summed E-state index contributed by atoms with van der Waals surface area (Å²) in [5, 5.41) is 0. The highest BCUT2D eigenvalue weighted by atomic mass is 16.5. The number of imidazole rings is 1. The maximum atomic E-state index is 11.5. The zero-order chi connectivity index (χ0) is 22.1. The number of hydrogen-bond acceptors (Lipinski definition) is 3. The number of rotatable bonds is 2. The van der Waals surface area contributed by atoms with Crippen molar-refractivity contribution in [3.63, 3.8) is 0 Å². The molecule has 4 heteroatoms. The third kappa shape index (κ3) is 2.80. The minimum Gasteiger partial charge on any atom is -0.462 e. The van der Waals surface area contributed by atoms with Gasteiger partial charge in [0.05, 0.1) is 11.0 Å². The van der Waals surface area contributed by atoms with Crippen LogP contribution in [0.4, 0.5) is 0 Å². The van der Waals surface area contributed by atoms with Crippen molar-refractivity contribution < 1.29 is 9.53 Å². The van der Waals surface area contributed by atoms with Crippen molar-refractivity contribution in [3.8, 4) is 0 Å². The second kappa shape index (κ2) is 7.07. The van der Waals surface area contributed by atoms with Crippen LogP contribution in [0.1, 0.15) is 65.7 Å². The normalized spacial score (nSPS) is 38.3. The van der Waals surface area contributed by atoms with Gasteiger partial charge in [0, 0.05) is 24.5 Å². The van der Waals surface area contributed by atoms with Gasteiger partial charge in [-0.3, -0.25) is 4.79 Å². The predicted octanol–water partition coefficient (Wildman–Crippen LogP) is 6.38. The molecular formula is C28H34N2O2. The molecule has 0 spiro atoms. The molecule has 0 amide bonds. The molecule has 0 aliphatic heterocycles. The molecule has 4 nitrogen and oxygen atoms in total. The number of aromatic nitrogens is 2. The maximum Gasteiger partial charge on any atom is 0.302 e. The van der Waals surface area contributed by atoms with Crippen LogP contribution >= 0.6 is 0 Å². The van der Waals surface area contributed by atoms with Gasteiger partial charge in [-0.05, 0) is 73.8 Å². The highest BCUT2D eigenvalue weighted by Gasteiger charge is 2.57.